The molecule has 0 saturated heterocycles. The molecular weight excluding hydrogens is 196 g/mol. The lowest BCUT2D eigenvalue weighted by molar-refractivity contribution is 0.0873. The van der Waals surface area contributed by atoms with Gasteiger partial charge in [-0.3, -0.25) is 4.79 Å². The first-order valence-electron chi connectivity index (χ1n) is 5.80. The van der Waals surface area contributed by atoms with Crippen LogP contribution in [0.3, 0.4) is 0 Å². The number of hydrogen-bond acceptors (Lipinski definition) is 1. The Kier molecular flexibility index (Phi) is 2.24. The predicted molar refractivity (Wildman–Crippen MR) is 64.1 cm³/mol. The molecule has 2 aliphatic rings. The van der Waals surface area contributed by atoms with E-state index in [0.717, 1.165) is 12.0 Å². The van der Waals surface area contributed by atoms with Gasteiger partial charge in [0.05, 0.1) is 0 Å². The number of hydrogen-bond donors (Lipinski definition) is 0. The van der Waals surface area contributed by atoms with Crippen LogP contribution in [-0.4, -0.2) is 5.78 Å². The second-order valence-corrected chi connectivity index (χ2v) is 4.55. The zero-order chi connectivity index (χ0) is 11.0. The Morgan fingerprint density at radius 2 is 1.88 bits per heavy atom. The van der Waals surface area contributed by atoms with Crippen molar-refractivity contribution in [1.82, 2.24) is 0 Å². The van der Waals surface area contributed by atoms with Crippen molar-refractivity contribution < 1.29 is 4.79 Å². The van der Waals surface area contributed by atoms with Crippen LogP contribution in [0.5, 0.6) is 0 Å². The van der Waals surface area contributed by atoms with E-state index in [1.54, 1.807) is 0 Å². The number of Topliss-reactive ketones (excluding diaryl/α,β-unsaturated/α-hetero) is 1. The number of ketones is 1. The molecule has 0 aromatic heterocycles. The summed E-state index contributed by atoms with van der Waals surface area (Å²) in [5, 5.41) is 0. The van der Waals surface area contributed by atoms with Crippen molar-refractivity contribution in [2.45, 2.75) is 6.42 Å². The topological polar surface area (TPSA) is 17.1 Å². The summed E-state index contributed by atoms with van der Waals surface area (Å²) in [7, 11) is 0. The second-order valence-electron chi connectivity index (χ2n) is 4.55. The van der Waals surface area contributed by atoms with Crippen LogP contribution in [-0.2, 0) is 0 Å². The van der Waals surface area contributed by atoms with E-state index < -0.39 is 0 Å². The molecule has 0 fully saturated rings. The molecule has 80 valence electrons. The van der Waals surface area contributed by atoms with Gasteiger partial charge in [0.25, 0.3) is 0 Å². The average molecular weight is 210 g/mol. The van der Waals surface area contributed by atoms with Crippen molar-refractivity contribution in [3.63, 3.8) is 0 Å². The maximum atomic E-state index is 12.4. The molecular formula is C15H14O. The van der Waals surface area contributed by atoms with Gasteiger partial charge in [0.2, 0.25) is 0 Å². The maximum Gasteiger partial charge on any atom is 0.167 e. The quantitative estimate of drug-likeness (QED) is 0.541. The Morgan fingerprint density at radius 3 is 2.62 bits per heavy atom. The van der Waals surface area contributed by atoms with Gasteiger partial charge >= 0.3 is 0 Å². The third-order valence-corrected chi connectivity index (χ3v) is 3.58. The standard InChI is InChI=1S/C15H14O/c16-15(13-5-2-1-3-6-13)14-11-7-4-8-12(14)10-9-11/h1-7,9-12,14H,8H2. The monoisotopic (exact) mass is 210 g/mol. The lowest BCUT2D eigenvalue weighted by Crippen LogP contribution is -2.26. The van der Waals surface area contributed by atoms with Crippen LogP contribution in [0, 0.1) is 17.8 Å². The fraction of sp³-hybridized carbons (Fsp3) is 0.267. The van der Waals surface area contributed by atoms with Crippen molar-refractivity contribution in [3.05, 3.63) is 60.2 Å². The molecule has 16 heavy (non-hydrogen) atoms. The number of carbonyl (C=O) groups is 1. The third-order valence-electron chi connectivity index (χ3n) is 3.58. The van der Waals surface area contributed by atoms with E-state index in [4.69, 9.17) is 0 Å². The average Bonchev–Trinajstić information content (AvgIpc) is 2.59. The molecule has 0 aliphatic heterocycles. The van der Waals surface area contributed by atoms with E-state index in [2.05, 4.69) is 24.3 Å². The summed E-state index contributed by atoms with van der Waals surface area (Å²) in [6, 6.07) is 9.65. The highest BCUT2D eigenvalue weighted by Crippen LogP contribution is 2.39. The van der Waals surface area contributed by atoms with Gasteiger partial charge in [0, 0.05) is 17.4 Å². The molecule has 0 spiro atoms. The zero-order valence-corrected chi connectivity index (χ0v) is 9.04. The molecule has 0 radical (unpaired) electrons. The number of carbonyl (C=O) groups excluding carboxylic acids is 1. The van der Waals surface area contributed by atoms with Gasteiger partial charge in [0.15, 0.2) is 5.78 Å². The zero-order valence-electron chi connectivity index (χ0n) is 9.04. The van der Waals surface area contributed by atoms with E-state index in [1.807, 2.05) is 30.3 Å². The summed E-state index contributed by atoms with van der Waals surface area (Å²) in [6.07, 6.45) is 9.77. The summed E-state index contributed by atoms with van der Waals surface area (Å²) in [5.74, 6) is 1.19. The van der Waals surface area contributed by atoms with Crippen molar-refractivity contribution in [1.29, 1.82) is 0 Å². The van der Waals surface area contributed by atoms with Crippen LogP contribution < -0.4 is 0 Å². The van der Waals surface area contributed by atoms with Crippen molar-refractivity contribution >= 4 is 5.78 Å². The van der Waals surface area contributed by atoms with Crippen molar-refractivity contribution in [2.24, 2.45) is 17.8 Å². The maximum absolute atomic E-state index is 12.4. The Bertz CT molecular complexity index is 454. The Balaban J connectivity index is 1.90. The number of fused-ring (bicyclic) bond motifs is 2. The minimum Gasteiger partial charge on any atom is -0.294 e. The molecule has 3 rings (SSSR count). The number of benzene rings is 1. The Labute approximate surface area is 95.5 Å². The van der Waals surface area contributed by atoms with Gasteiger partial charge < -0.3 is 0 Å². The van der Waals surface area contributed by atoms with Crippen LogP contribution in [0.4, 0.5) is 0 Å². The molecule has 3 atom stereocenters. The summed E-state index contributed by atoms with van der Waals surface area (Å²) >= 11 is 0. The van der Waals surface area contributed by atoms with Crippen LogP contribution in [0.25, 0.3) is 0 Å². The number of allylic oxidation sites excluding steroid dienone is 4. The van der Waals surface area contributed by atoms with Crippen LogP contribution in [0.15, 0.2) is 54.6 Å². The molecule has 0 amide bonds. The fourth-order valence-electron chi connectivity index (χ4n) is 2.76. The van der Waals surface area contributed by atoms with Gasteiger partial charge in [0.1, 0.15) is 0 Å². The third kappa shape index (κ3) is 1.44. The van der Waals surface area contributed by atoms with Crippen molar-refractivity contribution in [2.75, 3.05) is 0 Å². The van der Waals surface area contributed by atoms with Crippen molar-refractivity contribution in [3.8, 4) is 0 Å². The van der Waals surface area contributed by atoms with E-state index in [0.29, 0.717) is 17.6 Å². The smallest absolute Gasteiger partial charge is 0.167 e. The van der Waals surface area contributed by atoms with Crippen LogP contribution >= 0.6 is 0 Å². The van der Waals surface area contributed by atoms with Crippen LogP contribution in [0.2, 0.25) is 0 Å². The molecule has 1 aromatic carbocycles. The van der Waals surface area contributed by atoms with E-state index >= 15 is 0 Å². The molecule has 0 heterocycles. The largest absolute Gasteiger partial charge is 0.294 e. The summed E-state index contributed by atoms with van der Waals surface area (Å²) < 4.78 is 0. The first-order valence-corrected chi connectivity index (χ1v) is 5.80. The molecule has 0 saturated carbocycles. The highest BCUT2D eigenvalue weighted by Gasteiger charge is 2.37. The van der Waals surface area contributed by atoms with Gasteiger partial charge in [-0.15, -0.1) is 0 Å². The Morgan fingerprint density at radius 1 is 1.06 bits per heavy atom. The van der Waals surface area contributed by atoms with E-state index in [1.165, 1.54) is 0 Å². The Hall–Kier alpha value is -1.63. The highest BCUT2D eigenvalue weighted by atomic mass is 16.1. The van der Waals surface area contributed by atoms with Gasteiger partial charge in [-0.05, 0) is 12.3 Å². The second kappa shape index (κ2) is 3.75. The van der Waals surface area contributed by atoms with Crippen LogP contribution in [0.1, 0.15) is 16.8 Å². The molecule has 3 unspecified atom stereocenters. The lowest BCUT2D eigenvalue weighted by Gasteiger charge is -2.25. The molecule has 1 aromatic rings. The first-order chi connectivity index (χ1) is 7.86. The minimum atomic E-state index is 0.146. The van der Waals surface area contributed by atoms with E-state index in [-0.39, 0.29) is 5.92 Å². The summed E-state index contributed by atoms with van der Waals surface area (Å²) in [4.78, 5) is 12.4. The minimum absolute atomic E-state index is 0.146. The summed E-state index contributed by atoms with van der Waals surface area (Å²) in [6.45, 7) is 0. The van der Waals surface area contributed by atoms with Gasteiger partial charge in [-0.25, -0.2) is 0 Å². The highest BCUT2D eigenvalue weighted by molar-refractivity contribution is 5.99. The molecule has 2 aliphatic carbocycles. The molecule has 1 heteroatoms. The van der Waals surface area contributed by atoms with E-state index in [9.17, 15) is 4.79 Å². The SMILES string of the molecule is O=C(c1ccccc1)C1C2C=CCC1C=C2. The number of rotatable bonds is 2. The lowest BCUT2D eigenvalue weighted by atomic mass is 9.77. The molecule has 1 nitrogen and oxygen atoms in total. The predicted octanol–water partition coefficient (Wildman–Crippen LogP) is 3.25. The van der Waals surface area contributed by atoms with Gasteiger partial charge in [-0.2, -0.15) is 0 Å². The first kappa shape index (κ1) is 9.59. The summed E-state index contributed by atoms with van der Waals surface area (Å²) in [5.41, 5.74) is 0.849. The van der Waals surface area contributed by atoms with Gasteiger partial charge in [-0.1, -0.05) is 54.6 Å². The molecule has 0 N–H and O–H groups in total. The normalized spacial score (nSPS) is 30.6. The molecule has 2 bridgehead atoms. The fourth-order valence-corrected chi connectivity index (χ4v) is 2.76.